The predicted molar refractivity (Wildman–Crippen MR) is 53.1 cm³/mol. The van der Waals surface area contributed by atoms with Crippen LogP contribution in [0.25, 0.3) is 0 Å². The summed E-state index contributed by atoms with van der Waals surface area (Å²) in [6.07, 6.45) is 0.613. The molecule has 1 aromatic carbocycles. The van der Waals surface area contributed by atoms with Crippen molar-refractivity contribution < 1.29 is 18.7 Å². The van der Waals surface area contributed by atoms with Gasteiger partial charge >= 0.3 is 5.97 Å². The summed E-state index contributed by atoms with van der Waals surface area (Å²) >= 11 is 0. The Kier molecular flexibility index (Phi) is 2.87. The first kappa shape index (κ1) is 11.0. The van der Waals surface area contributed by atoms with Gasteiger partial charge < -0.3 is 10.4 Å². The van der Waals surface area contributed by atoms with Crippen molar-refractivity contribution in [3.8, 4) is 0 Å². The highest BCUT2D eigenvalue weighted by molar-refractivity contribution is 5.75. The van der Waals surface area contributed by atoms with Crippen LogP contribution in [0.3, 0.4) is 0 Å². The number of rotatable bonds is 2. The summed E-state index contributed by atoms with van der Waals surface area (Å²) in [6.45, 7) is 0.570. The zero-order valence-electron chi connectivity index (χ0n) is 8.41. The molecule has 86 valence electrons. The van der Waals surface area contributed by atoms with Gasteiger partial charge in [-0.25, -0.2) is 8.78 Å². The molecule has 1 aliphatic rings. The Bertz CT molecular complexity index is 422. The normalized spacial score (nSPS) is 24.6. The number of carboxylic acid groups (broad SMARTS) is 1. The first-order chi connectivity index (χ1) is 7.59. The van der Waals surface area contributed by atoms with E-state index in [1.165, 1.54) is 6.07 Å². The number of carbonyl (C=O) groups is 1. The van der Waals surface area contributed by atoms with E-state index in [4.69, 9.17) is 5.11 Å². The average Bonchev–Trinajstić information content (AvgIpc) is 2.71. The summed E-state index contributed by atoms with van der Waals surface area (Å²) in [4.78, 5) is 10.9. The van der Waals surface area contributed by atoms with Crippen LogP contribution in [0.2, 0.25) is 0 Å². The Morgan fingerprint density at radius 3 is 2.75 bits per heavy atom. The van der Waals surface area contributed by atoms with Gasteiger partial charge in [-0.15, -0.1) is 0 Å². The molecule has 1 fully saturated rings. The molecule has 0 aromatic heterocycles. The molecule has 1 aromatic rings. The van der Waals surface area contributed by atoms with Gasteiger partial charge in [0, 0.05) is 5.92 Å². The second-order valence-electron chi connectivity index (χ2n) is 3.84. The number of hydrogen-bond donors (Lipinski definition) is 2. The lowest BCUT2D eigenvalue weighted by molar-refractivity contribution is -0.139. The quantitative estimate of drug-likeness (QED) is 0.804. The summed E-state index contributed by atoms with van der Waals surface area (Å²) in [5.41, 5.74) is 0.524. The fourth-order valence-electron chi connectivity index (χ4n) is 2.06. The number of benzene rings is 1. The molecule has 2 rings (SSSR count). The fourth-order valence-corrected chi connectivity index (χ4v) is 2.06. The van der Waals surface area contributed by atoms with E-state index in [2.05, 4.69) is 5.32 Å². The molecule has 2 N–H and O–H groups in total. The minimum absolute atomic E-state index is 0.299. The zero-order valence-corrected chi connectivity index (χ0v) is 8.41. The minimum atomic E-state index is -0.966. The van der Waals surface area contributed by atoms with Crippen LogP contribution in [-0.4, -0.2) is 23.7 Å². The van der Waals surface area contributed by atoms with Gasteiger partial charge in [0.15, 0.2) is 11.6 Å². The molecule has 0 aliphatic carbocycles. The number of hydrogen-bond acceptors (Lipinski definition) is 2. The van der Waals surface area contributed by atoms with Crippen LogP contribution in [0.5, 0.6) is 0 Å². The molecule has 16 heavy (non-hydrogen) atoms. The molecule has 1 saturated heterocycles. The Balaban J connectivity index is 2.29. The lowest BCUT2D eigenvalue weighted by atomic mass is 9.92. The average molecular weight is 227 g/mol. The summed E-state index contributed by atoms with van der Waals surface area (Å²) in [5.74, 6) is -3.12. The lowest BCUT2D eigenvalue weighted by Crippen LogP contribution is -2.34. The van der Waals surface area contributed by atoms with Gasteiger partial charge in [0.05, 0.1) is 0 Å². The van der Waals surface area contributed by atoms with Crippen molar-refractivity contribution in [2.24, 2.45) is 0 Å². The molecule has 3 nitrogen and oxygen atoms in total. The monoisotopic (exact) mass is 227 g/mol. The Morgan fingerprint density at radius 2 is 2.12 bits per heavy atom. The number of carboxylic acids is 1. The third-order valence-electron chi connectivity index (χ3n) is 2.86. The van der Waals surface area contributed by atoms with Gasteiger partial charge in [-0.2, -0.15) is 0 Å². The molecular weight excluding hydrogens is 216 g/mol. The van der Waals surface area contributed by atoms with Gasteiger partial charge in [0.2, 0.25) is 0 Å². The van der Waals surface area contributed by atoms with E-state index >= 15 is 0 Å². The second-order valence-corrected chi connectivity index (χ2v) is 3.84. The summed E-state index contributed by atoms with van der Waals surface area (Å²) in [6, 6.07) is 2.82. The third kappa shape index (κ3) is 1.90. The maximum absolute atomic E-state index is 13.0. The maximum atomic E-state index is 13.0. The van der Waals surface area contributed by atoms with Crippen molar-refractivity contribution >= 4 is 5.97 Å². The van der Waals surface area contributed by atoms with E-state index < -0.39 is 23.6 Å². The van der Waals surface area contributed by atoms with Crippen LogP contribution in [-0.2, 0) is 4.79 Å². The third-order valence-corrected chi connectivity index (χ3v) is 2.86. The van der Waals surface area contributed by atoms with Crippen molar-refractivity contribution in [2.45, 2.75) is 18.4 Å². The predicted octanol–water partition coefficient (Wildman–Crippen LogP) is 1.49. The highest BCUT2D eigenvalue weighted by Gasteiger charge is 2.33. The standard InChI is InChI=1S/C11H11F2NO2/c12-8-2-1-6(5-9(8)13)7-3-4-14-10(7)11(15)16/h1-2,5,7,10,14H,3-4H2,(H,15,16). The van der Waals surface area contributed by atoms with Gasteiger partial charge in [-0.05, 0) is 30.7 Å². The summed E-state index contributed by atoms with van der Waals surface area (Å²) < 4.78 is 25.8. The molecule has 2 unspecified atom stereocenters. The second kappa shape index (κ2) is 4.17. The summed E-state index contributed by atoms with van der Waals surface area (Å²) in [5, 5.41) is 11.8. The maximum Gasteiger partial charge on any atom is 0.321 e. The molecular formula is C11H11F2NO2. The van der Waals surface area contributed by atoms with E-state index in [0.29, 0.717) is 18.5 Å². The topological polar surface area (TPSA) is 49.3 Å². The highest BCUT2D eigenvalue weighted by atomic mass is 19.2. The molecule has 1 heterocycles. The van der Waals surface area contributed by atoms with Crippen molar-refractivity contribution in [2.75, 3.05) is 6.54 Å². The largest absolute Gasteiger partial charge is 0.480 e. The first-order valence-corrected chi connectivity index (χ1v) is 5.00. The minimum Gasteiger partial charge on any atom is -0.480 e. The molecule has 0 bridgehead atoms. The van der Waals surface area contributed by atoms with Gasteiger partial charge in [0.25, 0.3) is 0 Å². The lowest BCUT2D eigenvalue weighted by Gasteiger charge is -2.15. The number of halogens is 2. The van der Waals surface area contributed by atoms with Crippen LogP contribution in [0.15, 0.2) is 18.2 Å². The van der Waals surface area contributed by atoms with E-state index in [9.17, 15) is 13.6 Å². The van der Waals surface area contributed by atoms with Gasteiger partial charge in [0.1, 0.15) is 6.04 Å². The van der Waals surface area contributed by atoms with Crippen LogP contribution < -0.4 is 5.32 Å². The van der Waals surface area contributed by atoms with Crippen molar-refractivity contribution in [1.82, 2.24) is 5.32 Å². The highest BCUT2D eigenvalue weighted by Crippen LogP contribution is 2.28. The molecule has 2 atom stereocenters. The Morgan fingerprint density at radius 1 is 1.38 bits per heavy atom. The zero-order chi connectivity index (χ0) is 11.7. The fraction of sp³-hybridized carbons (Fsp3) is 0.364. The van der Waals surface area contributed by atoms with Gasteiger partial charge in [-0.1, -0.05) is 6.07 Å². The van der Waals surface area contributed by atoms with E-state index in [-0.39, 0.29) is 5.92 Å². The smallest absolute Gasteiger partial charge is 0.321 e. The molecule has 0 radical (unpaired) electrons. The molecule has 1 aliphatic heterocycles. The number of nitrogens with one attached hydrogen (secondary N) is 1. The van der Waals surface area contributed by atoms with Crippen molar-refractivity contribution in [3.05, 3.63) is 35.4 Å². The molecule has 5 heteroatoms. The van der Waals surface area contributed by atoms with E-state index in [0.717, 1.165) is 12.1 Å². The van der Waals surface area contributed by atoms with Crippen LogP contribution in [0.4, 0.5) is 8.78 Å². The van der Waals surface area contributed by atoms with Crippen LogP contribution >= 0.6 is 0 Å². The van der Waals surface area contributed by atoms with Crippen molar-refractivity contribution in [1.29, 1.82) is 0 Å². The van der Waals surface area contributed by atoms with Gasteiger partial charge in [-0.3, -0.25) is 4.79 Å². The number of aliphatic carboxylic acids is 1. The molecule has 0 spiro atoms. The molecule has 0 amide bonds. The Labute approximate surface area is 91.1 Å². The van der Waals surface area contributed by atoms with Crippen molar-refractivity contribution in [3.63, 3.8) is 0 Å². The summed E-state index contributed by atoms with van der Waals surface area (Å²) in [7, 11) is 0. The molecule has 0 saturated carbocycles. The Hall–Kier alpha value is -1.49. The van der Waals surface area contributed by atoms with E-state index in [1.807, 2.05) is 0 Å². The van der Waals surface area contributed by atoms with Crippen LogP contribution in [0, 0.1) is 11.6 Å². The first-order valence-electron chi connectivity index (χ1n) is 5.00. The van der Waals surface area contributed by atoms with E-state index in [1.54, 1.807) is 0 Å². The van der Waals surface area contributed by atoms with Crippen LogP contribution in [0.1, 0.15) is 17.9 Å². The SMILES string of the molecule is O=C(O)C1NCCC1c1ccc(F)c(F)c1.